The van der Waals surface area contributed by atoms with Gasteiger partial charge in [0.05, 0.1) is 5.57 Å². The van der Waals surface area contributed by atoms with Gasteiger partial charge in [0.1, 0.15) is 11.6 Å². The minimum atomic E-state index is 0.249. The average Bonchev–Trinajstić information content (AvgIpc) is 2.04. The summed E-state index contributed by atoms with van der Waals surface area (Å²) >= 11 is 0. The minimum absolute atomic E-state index is 0.249. The molecule has 60 valence electrons. The fraction of sp³-hybridized carbons (Fsp3) is 0.375. The van der Waals surface area contributed by atoms with Crippen LogP contribution in [0.25, 0.3) is 0 Å². The zero-order valence-electron chi connectivity index (χ0n) is 6.54. The quantitative estimate of drug-likeness (QED) is 0.437. The number of rotatable bonds is 1. The molecule has 0 bridgehead atoms. The van der Waals surface area contributed by atoms with Gasteiger partial charge in [0.15, 0.2) is 0 Å². The smallest absolute Gasteiger partial charge is 0.128 e. The Hall–Kier alpha value is -1.25. The monoisotopic (exact) mass is 152 g/mol. The van der Waals surface area contributed by atoms with Crippen LogP contribution in [0.1, 0.15) is 12.8 Å². The molecule has 3 heteroatoms. The lowest BCUT2D eigenvalue weighted by atomic mass is 10.0. The molecule has 0 radical (unpaired) electrons. The minimum Gasteiger partial charge on any atom is -0.508 e. The summed E-state index contributed by atoms with van der Waals surface area (Å²) in [6.07, 6.45) is 5.47. The first-order valence-corrected chi connectivity index (χ1v) is 3.58. The molecule has 0 spiro atoms. The Labute approximate surface area is 65.9 Å². The van der Waals surface area contributed by atoms with Gasteiger partial charge in [-0.2, -0.15) is 0 Å². The van der Waals surface area contributed by atoms with Crippen molar-refractivity contribution in [3.63, 3.8) is 0 Å². The van der Waals surface area contributed by atoms with Gasteiger partial charge in [-0.1, -0.05) is 6.08 Å². The third-order valence-electron chi connectivity index (χ3n) is 1.65. The van der Waals surface area contributed by atoms with Crippen molar-refractivity contribution < 1.29 is 5.11 Å². The van der Waals surface area contributed by atoms with E-state index in [2.05, 4.69) is 4.99 Å². The molecule has 0 aliphatic heterocycles. The molecule has 3 N–H and O–H groups in total. The van der Waals surface area contributed by atoms with E-state index in [0.717, 1.165) is 12.8 Å². The van der Waals surface area contributed by atoms with Crippen LogP contribution in [-0.4, -0.2) is 18.0 Å². The number of hydrogen-bond acceptors (Lipinski definition) is 2. The van der Waals surface area contributed by atoms with Gasteiger partial charge in [-0.05, 0) is 18.9 Å². The molecule has 1 aliphatic rings. The van der Waals surface area contributed by atoms with Crippen LogP contribution < -0.4 is 5.73 Å². The molecule has 0 unspecified atom stereocenters. The number of hydrogen-bond donors (Lipinski definition) is 2. The molecule has 11 heavy (non-hydrogen) atoms. The van der Waals surface area contributed by atoms with Gasteiger partial charge >= 0.3 is 0 Å². The molecule has 3 nitrogen and oxygen atoms in total. The Bertz CT molecular complexity index is 232. The van der Waals surface area contributed by atoms with E-state index < -0.39 is 0 Å². The molecular weight excluding hydrogens is 140 g/mol. The molecule has 0 fully saturated rings. The van der Waals surface area contributed by atoms with Crippen LogP contribution in [0.4, 0.5) is 0 Å². The molecular formula is C8H12N2O. The molecule has 0 atom stereocenters. The SMILES string of the molecule is CN=C(N)C1=CCCC=C1O. The van der Waals surface area contributed by atoms with Crippen LogP contribution in [0.5, 0.6) is 0 Å². The highest BCUT2D eigenvalue weighted by Crippen LogP contribution is 2.15. The number of allylic oxidation sites excluding steroid dienone is 2. The van der Waals surface area contributed by atoms with Crippen LogP contribution in [0.15, 0.2) is 28.5 Å². The lowest BCUT2D eigenvalue weighted by molar-refractivity contribution is 0.422. The number of aliphatic hydroxyl groups excluding tert-OH is 1. The molecule has 1 aliphatic carbocycles. The van der Waals surface area contributed by atoms with Gasteiger partial charge in [-0.15, -0.1) is 0 Å². The summed E-state index contributed by atoms with van der Waals surface area (Å²) in [5.74, 6) is 0.651. The Morgan fingerprint density at radius 3 is 2.73 bits per heavy atom. The van der Waals surface area contributed by atoms with E-state index in [1.54, 1.807) is 13.1 Å². The summed E-state index contributed by atoms with van der Waals surface area (Å²) in [6.45, 7) is 0. The highest BCUT2D eigenvalue weighted by atomic mass is 16.3. The number of amidine groups is 1. The Balaban J connectivity index is 2.87. The largest absolute Gasteiger partial charge is 0.508 e. The second-order valence-electron chi connectivity index (χ2n) is 2.39. The van der Waals surface area contributed by atoms with Gasteiger partial charge in [0.25, 0.3) is 0 Å². The highest BCUT2D eigenvalue weighted by molar-refractivity contribution is 6.00. The van der Waals surface area contributed by atoms with Gasteiger partial charge < -0.3 is 10.8 Å². The molecule has 0 amide bonds. The topological polar surface area (TPSA) is 58.6 Å². The first kappa shape index (κ1) is 7.85. The Morgan fingerprint density at radius 1 is 1.55 bits per heavy atom. The summed E-state index contributed by atoms with van der Waals surface area (Å²) in [4.78, 5) is 3.79. The van der Waals surface area contributed by atoms with Crippen LogP contribution >= 0.6 is 0 Å². The normalized spacial score (nSPS) is 19.2. The van der Waals surface area contributed by atoms with Crippen molar-refractivity contribution in [2.24, 2.45) is 10.7 Å². The van der Waals surface area contributed by atoms with Crippen LogP contribution in [-0.2, 0) is 0 Å². The molecule has 0 aromatic heterocycles. The lowest BCUT2D eigenvalue weighted by Crippen LogP contribution is -2.17. The summed E-state index contributed by atoms with van der Waals surface area (Å²) in [7, 11) is 1.61. The average molecular weight is 152 g/mol. The van der Waals surface area contributed by atoms with Gasteiger partial charge in [0, 0.05) is 7.05 Å². The second-order valence-corrected chi connectivity index (χ2v) is 2.39. The summed E-state index contributed by atoms with van der Waals surface area (Å²) in [6, 6.07) is 0. The Morgan fingerprint density at radius 2 is 2.18 bits per heavy atom. The van der Waals surface area contributed by atoms with Crippen molar-refractivity contribution in [3.05, 3.63) is 23.5 Å². The molecule has 1 rings (SSSR count). The number of nitrogens with two attached hydrogens (primary N) is 1. The zero-order chi connectivity index (χ0) is 8.27. The fourth-order valence-electron chi connectivity index (χ4n) is 1.02. The predicted molar refractivity (Wildman–Crippen MR) is 45.6 cm³/mol. The maximum absolute atomic E-state index is 9.30. The Kier molecular flexibility index (Phi) is 2.31. The summed E-state index contributed by atoms with van der Waals surface area (Å²) < 4.78 is 0. The zero-order valence-corrected chi connectivity index (χ0v) is 6.54. The first-order valence-electron chi connectivity index (χ1n) is 3.58. The van der Waals surface area contributed by atoms with Crippen molar-refractivity contribution >= 4 is 5.84 Å². The number of nitrogens with zero attached hydrogens (tertiary/aromatic N) is 1. The van der Waals surface area contributed by atoms with Crippen molar-refractivity contribution in [2.75, 3.05) is 7.05 Å². The van der Waals surface area contributed by atoms with E-state index in [0.29, 0.717) is 11.4 Å². The lowest BCUT2D eigenvalue weighted by Gasteiger charge is -2.09. The molecule has 0 saturated carbocycles. The summed E-state index contributed by atoms with van der Waals surface area (Å²) in [5.41, 5.74) is 6.18. The van der Waals surface area contributed by atoms with Gasteiger partial charge in [-0.3, -0.25) is 4.99 Å². The standard InChI is InChI=1S/C8H12N2O/c1-10-8(9)6-4-2-3-5-7(6)11/h4-5,11H,2-3H2,1H3,(H2,9,10). The number of aliphatic imine (C=N–C) groups is 1. The van der Waals surface area contributed by atoms with Crippen LogP contribution in [0.2, 0.25) is 0 Å². The fourth-order valence-corrected chi connectivity index (χ4v) is 1.02. The van der Waals surface area contributed by atoms with E-state index in [1.807, 2.05) is 6.08 Å². The van der Waals surface area contributed by atoms with Crippen molar-refractivity contribution in [1.82, 2.24) is 0 Å². The molecule has 0 saturated heterocycles. The van der Waals surface area contributed by atoms with Gasteiger partial charge in [0.2, 0.25) is 0 Å². The van der Waals surface area contributed by atoms with Crippen molar-refractivity contribution in [1.29, 1.82) is 0 Å². The molecule has 0 aromatic rings. The molecule has 0 heterocycles. The predicted octanol–water partition coefficient (Wildman–Crippen LogP) is 1.14. The van der Waals surface area contributed by atoms with Crippen LogP contribution in [0, 0.1) is 0 Å². The van der Waals surface area contributed by atoms with Crippen LogP contribution in [0.3, 0.4) is 0 Å². The first-order chi connectivity index (χ1) is 5.25. The van der Waals surface area contributed by atoms with E-state index in [9.17, 15) is 5.11 Å². The van der Waals surface area contributed by atoms with E-state index in [1.165, 1.54) is 0 Å². The van der Waals surface area contributed by atoms with E-state index in [4.69, 9.17) is 5.73 Å². The van der Waals surface area contributed by atoms with E-state index in [-0.39, 0.29) is 5.76 Å². The third kappa shape index (κ3) is 1.61. The third-order valence-corrected chi connectivity index (χ3v) is 1.65. The maximum Gasteiger partial charge on any atom is 0.128 e. The summed E-state index contributed by atoms with van der Waals surface area (Å²) in [5, 5.41) is 9.30. The van der Waals surface area contributed by atoms with E-state index >= 15 is 0 Å². The van der Waals surface area contributed by atoms with Crippen molar-refractivity contribution in [2.45, 2.75) is 12.8 Å². The highest BCUT2D eigenvalue weighted by Gasteiger charge is 2.09. The van der Waals surface area contributed by atoms with Gasteiger partial charge in [-0.25, -0.2) is 0 Å². The second kappa shape index (κ2) is 3.23. The molecule has 0 aromatic carbocycles. The number of aliphatic hydroxyl groups is 1. The van der Waals surface area contributed by atoms with Crippen molar-refractivity contribution in [3.8, 4) is 0 Å². The maximum atomic E-state index is 9.30.